The molecule has 1 fully saturated rings. The van der Waals surface area contributed by atoms with Crippen LogP contribution in [-0.2, 0) is 4.79 Å². The van der Waals surface area contributed by atoms with Crippen molar-refractivity contribution in [3.8, 4) is 5.75 Å². The van der Waals surface area contributed by atoms with Crippen LogP contribution in [0.5, 0.6) is 5.75 Å². The predicted octanol–water partition coefficient (Wildman–Crippen LogP) is 7.92. The van der Waals surface area contributed by atoms with E-state index in [1.54, 1.807) is 12.0 Å². The molecule has 1 amide bonds. The quantitative estimate of drug-likeness (QED) is 0.308. The Bertz CT molecular complexity index is 1440. The highest BCUT2D eigenvalue weighted by Crippen LogP contribution is 2.44. The molecular weight excluding hydrogens is 490 g/mol. The summed E-state index contributed by atoms with van der Waals surface area (Å²) in [7, 11) is 1.69. The average molecular weight is 524 g/mol. The molecule has 0 aromatic heterocycles. The van der Waals surface area contributed by atoms with E-state index in [1.165, 1.54) is 28.6 Å². The van der Waals surface area contributed by atoms with Crippen LogP contribution in [0.1, 0.15) is 45.2 Å². The van der Waals surface area contributed by atoms with Crippen LogP contribution in [0.2, 0.25) is 0 Å². The number of ether oxygens (including phenoxy) is 1. The lowest BCUT2D eigenvalue weighted by atomic mass is 9.87. The summed E-state index contributed by atoms with van der Waals surface area (Å²) in [6.07, 6.45) is 5.31. The van der Waals surface area contributed by atoms with Gasteiger partial charge in [-0.25, -0.2) is 4.99 Å². The molecule has 3 aromatic carbocycles. The number of methoxy groups -OCH3 is 1. The van der Waals surface area contributed by atoms with E-state index in [0.717, 1.165) is 35.7 Å². The Hall–Kier alpha value is -3.77. The van der Waals surface area contributed by atoms with Gasteiger partial charge in [0.05, 0.1) is 28.9 Å². The van der Waals surface area contributed by atoms with Gasteiger partial charge in [0.25, 0.3) is 5.91 Å². The van der Waals surface area contributed by atoms with Crippen LogP contribution in [0.3, 0.4) is 0 Å². The van der Waals surface area contributed by atoms with Crippen LogP contribution in [0.15, 0.2) is 88.8 Å². The first kappa shape index (κ1) is 25.9. The van der Waals surface area contributed by atoms with Crippen molar-refractivity contribution in [1.29, 1.82) is 0 Å². The molecule has 2 aliphatic rings. The second-order valence-electron chi connectivity index (χ2n) is 10.1. The summed E-state index contributed by atoms with van der Waals surface area (Å²) >= 11 is 1.38. The molecular formula is C32H33N3O2S. The number of aliphatic imine (C=N–C) groups is 1. The minimum Gasteiger partial charge on any atom is -0.496 e. The van der Waals surface area contributed by atoms with E-state index < -0.39 is 0 Å². The summed E-state index contributed by atoms with van der Waals surface area (Å²) in [6.45, 7) is 9.80. The van der Waals surface area contributed by atoms with E-state index in [0.29, 0.717) is 10.1 Å². The molecule has 0 aliphatic carbocycles. The predicted molar refractivity (Wildman–Crippen MR) is 161 cm³/mol. The Kier molecular flexibility index (Phi) is 7.17. The zero-order valence-electron chi connectivity index (χ0n) is 22.6. The molecule has 0 unspecified atom stereocenters. The number of benzene rings is 3. The van der Waals surface area contributed by atoms with Gasteiger partial charge < -0.3 is 9.64 Å². The second kappa shape index (κ2) is 10.5. The maximum absolute atomic E-state index is 13.8. The first-order valence-corrected chi connectivity index (χ1v) is 13.8. The number of hydrogen-bond donors (Lipinski definition) is 0. The van der Waals surface area contributed by atoms with Gasteiger partial charge >= 0.3 is 0 Å². The number of fused-ring (bicyclic) bond motifs is 1. The second-order valence-corrected chi connectivity index (χ2v) is 11.1. The molecule has 1 saturated heterocycles. The third kappa shape index (κ3) is 4.88. The summed E-state index contributed by atoms with van der Waals surface area (Å²) in [4.78, 5) is 23.3. The van der Waals surface area contributed by atoms with Crippen molar-refractivity contribution in [2.75, 3.05) is 23.5 Å². The van der Waals surface area contributed by atoms with Gasteiger partial charge in [0.2, 0.25) is 0 Å². The maximum Gasteiger partial charge on any atom is 0.271 e. The van der Waals surface area contributed by atoms with Crippen molar-refractivity contribution in [3.05, 3.63) is 94.9 Å². The fourth-order valence-electron chi connectivity index (χ4n) is 5.15. The van der Waals surface area contributed by atoms with E-state index in [1.807, 2.05) is 66.7 Å². The monoisotopic (exact) mass is 523 g/mol. The molecule has 38 heavy (non-hydrogen) atoms. The lowest BCUT2D eigenvalue weighted by Gasteiger charge is -2.43. The highest BCUT2D eigenvalue weighted by atomic mass is 32.2. The van der Waals surface area contributed by atoms with Crippen molar-refractivity contribution in [2.45, 2.75) is 39.7 Å². The van der Waals surface area contributed by atoms with E-state index in [9.17, 15) is 4.79 Å². The number of thioether (sulfide) groups is 1. The third-order valence-electron chi connectivity index (χ3n) is 6.86. The van der Waals surface area contributed by atoms with Gasteiger partial charge in [-0.2, -0.15) is 0 Å². The lowest BCUT2D eigenvalue weighted by molar-refractivity contribution is -0.113. The van der Waals surface area contributed by atoms with Gasteiger partial charge in [-0.05, 0) is 80.9 Å². The van der Waals surface area contributed by atoms with Gasteiger partial charge in [-0.1, -0.05) is 49.4 Å². The number of allylic oxidation sites excluding steroid dienone is 1. The standard InChI is InChI=1S/C32H33N3O2S/c1-6-17-34-27-20-28(37-5)23(18-26(27)22(2)21-32(34,3)4)19-29-30(36)35(25-15-11-8-12-16-25)31(38-29)33-24-13-9-7-10-14-24/h7-16,18-21H,6,17H2,1-5H3/b29-19+,33-31?. The van der Waals surface area contributed by atoms with Crippen molar-refractivity contribution >= 4 is 51.5 Å². The fourth-order valence-corrected chi connectivity index (χ4v) is 6.14. The van der Waals surface area contributed by atoms with Crippen LogP contribution in [0, 0.1) is 0 Å². The number of hydrogen-bond acceptors (Lipinski definition) is 5. The van der Waals surface area contributed by atoms with E-state index in [2.05, 4.69) is 50.8 Å². The molecule has 6 heteroatoms. The van der Waals surface area contributed by atoms with Gasteiger partial charge in [-0.15, -0.1) is 0 Å². The Morgan fingerprint density at radius 3 is 2.37 bits per heavy atom. The van der Waals surface area contributed by atoms with E-state index >= 15 is 0 Å². The number of carbonyl (C=O) groups is 1. The molecule has 194 valence electrons. The molecule has 5 rings (SSSR count). The number of carbonyl (C=O) groups excluding carboxylic acids is 1. The molecule has 3 aromatic rings. The minimum absolute atomic E-state index is 0.0889. The van der Waals surface area contributed by atoms with Crippen molar-refractivity contribution < 1.29 is 9.53 Å². The first-order valence-electron chi connectivity index (χ1n) is 12.9. The van der Waals surface area contributed by atoms with Crippen LogP contribution in [0.4, 0.5) is 17.1 Å². The number of para-hydroxylation sites is 2. The lowest BCUT2D eigenvalue weighted by Crippen LogP contribution is -2.45. The highest BCUT2D eigenvalue weighted by molar-refractivity contribution is 8.19. The Labute approximate surface area is 229 Å². The summed E-state index contributed by atoms with van der Waals surface area (Å²) in [5.41, 5.74) is 5.93. The van der Waals surface area contributed by atoms with Crippen LogP contribution in [-0.4, -0.2) is 30.3 Å². The Balaban J connectivity index is 1.60. The molecule has 0 N–H and O–H groups in total. The molecule has 0 spiro atoms. The van der Waals surface area contributed by atoms with Crippen LogP contribution < -0.4 is 14.5 Å². The number of amides is 1. The third-order valence-corrected chi connectivity index (χ3v) is 7.83. The van der Waals surface area contributed by atoms with Crippen LogP contribution >= 0.6 is 11.8 Å². The zero-order chi connectivity index (χ0) is 26.9. The molecule has 0 bridgehead atoms. The Morgan fingerprint density at radius 1 is 1.03 bits per heavy atom. The normalized spacial score (nSPS) is 18.7. The van der Waals surface area contributed by atoms with Gasteiger partial charge in [0.1, 0.15) is 5.75 Å². The van der Waals surface area contributed by atoms with Gasteiger partial charge in [-0.3, -0.25) is 9.69 Å². The maximum atomic E-state index is 13.8. The number of anilines is 2. The fraction of sp³-hybridized carbons (Fsp3) is 0.250. The molecule has 2 heterocycles. The number of nitrogens with zero attached hydrogens (tertiary/aromatic N) is 3. The molecule has 5 nitrogen and oxygen atoms in total. The zero-order valence-corrected chi connectivity index (χ0v) is 23.4. The van der Waals surface area contributed by atoms with E-state index in [4.69, 9.17) is 9.73 Å². The van der Waals surface area contributed by atoms with E-state index in [-0.39, 0.29) is 11.4 Å². The van der Waals surface area contributed by atoms with Gasteiger partial charge in [0, 0.05) is 29.4 Å². The summed E-state index contributed by atoms with van der Waals surface area (Å²) in [5.74, 6) is 0.646. The molecule has 0 atom stereocenters. The SMILES string of the molecule is CCCN1c2cc(OC)c(/C=C3/SC(=Nc4ccccc4)N(c4ccccc4)C3=O)cc2C(C)=CC1(C)C. The van der Waals surface area contributed by atoms with Crippen molar-refractivity contribution in [1.82, 2.24) is 0 Å². The van der Waals surface area contributed by atoms with Crippen LogP contribution in [0.25, 0.3) is 11.6 Å². The highest BCUT2D eigenvalue weighted by Gasteiger charge is 2.36. The smallest absolute Gasteiger partial charge is 0.271 e. The summed E-state index contributed by atoms with van der Waals surface area (Å²) in [6, 6.07) is 23.7. The number of rotatable bonds is 6. The molecule has 0 saturated carbocycles. The molecule has 0 radical (unpaired) electrons. The first-order chi connectivity index (χ1) is 18.3. The summed E-state index contributed by atoms with van der Waals surface area (Å²) < 4.78 is 5.87. The average Bonchev–Trinajstić information content (AvgIpc) is 3.21. The molecule has 2 aliphatic heterocycles. The van der Waals surface area contributed by atoms with Gasteiger partial charge in [0.15, 0.2) is 5.17 Å². The Morgan fingerprint density at radius 2 is 1.71 bits per heavy atom. The van der Waals surface area contributed by atoms with Crippen molar-refractivity contribution in [2.24, 2.45) is 4.99 Å². The number of amidine groups is 1. The topological polar surface area (TPSA) is 45.1 Å². The summed E-state index contributed by atoms with van der Waals surface area (Å²) in [5, 5.41) is 0.627. The largest absolute Gasteiger partial charge is 0.496 e. The minimum atomic E-state index is -0.100. The van der Waals surface area contributed by atoms with Crippen molar-refractivity contribution in [3.63, 3.8) is 0 Å².